The molecule has 0 fully saturated rings. The van der Waals surface area contributed by atoms with Crippen LogP contribution >= 0.6 is 0 Å². The van der Waals surface area contributed by atoms with Crippen LogP contribution in [0.4, 0.5) is 4.39 Å². The number of nitrogens with one attached hydrogen (secondary N) is 1. The van der Waals surface area contributed by atoms with E-state index in [2.05, 4.69) is 12.2 Å². The molecule has 1 aromatic carbocycles. The summed E-state index contributed by atoms with van der Waals surface area (Å²) >= 11 is 0. The zero-order valence-electron chi connectivity index (χ0n) is 9.33. The summed E-state index contributed by atoms with van der Waals surface area (Å²) in [5, 5.41) is 3.14. The monoisotopic (exact) mass is 210 g/mol. The first-order chi connectivity index (χ1) is 7.24. The molecule has 84 valence electrons. The van der Waals surface area contributed by atoms with Crippen molar-refractivity contribution < 1.29 is 4.39 Å². The Morgan fingerprint density at radius 1 is 1.40 bits per heavy atom. The van der Waals surface area contributed by atoms with E-state index in [4.69, 9.17) is 5.73 Å². The summed E-state index contributed by atoms with van der Waals surface area (Å²) in [4.78, 5) is 0. The third-order valence-corrected chi connectivity index (χ3v) is 2.85. The molecule has 0 saturated carbocycles. The standard InChI is InChI=1S/C12H19FN2/c1-3-9(8-14)12(15-2)10-6-4-5-7-11(10)13/h4-7,9,12,15H,3,8,14H2,1-2H3. The molecule has 3 N–H and O–H groups in total. The van der Waals surface area contributed by atoms with Gasteiger partial charge in [-0.1, -0.05) is 31.5 Å². The van der Waals surface area contributed by atoms with E-state index in [0.29, 0.717) is 12.1 Å². The van der Waals surface area contributed by atoms with Gasteiger partial charge in [-0.25, -0.2) is 4.39 Å². The smallest absolute Gasteiger partial charge is 0.127 e. The van der Waals surface area contributed by atoms with Crippen LogP contribution in [0, 0.1) is 11.7 Å². The van der Waals surface area contributed by atoms with Crippen LogP contribution in [-0.2, 0) is 0 Å². The second-order valence-electron chi connectivity index (χ2n) is 3.69. The molecule has 0 spiro atoms. The molecule has 2 atom stereocenters. The molecule has 1 aromatic rings. The number of hydrogen-bond donors (Lipinski definition) is 2. The highest BCUT2D eigenvalue weighted by atomic mass is 19.1. The normalized spacial score (nSPS) is 14.9. The van der Waals surface area contributed by atoms with Crippen LogP contribution in [0.2, 0.25) is 0 Å². The van der Waals surface area contributed by atoms with Crippen molar-refractivity contribution in [1.29, 1.82) is 0 Å². The van der Waals surface area contributed by atoms with Gasteiger partial charge < -0.3 is 11.1 Å². The molecular formula is C12H19FN2. The lowest BCUT2D eigenvalue weighted by molar-refractivity contribution is 0.367. The summed E-state index contributed by atoms with van der Waals surface area (Å²) in [6, 6.07) is 6.86. The Kier molecular flexibility index (Phi) is 4.72. The molecule has 2 unspecified atom stereocenters. The molecule has 0 saturated heterocycles. The van der Waals surface area contributed by atoms with Crippen LogP contribution in [0.3, 0.4) is 0 Å². The fraction of sp³-hybridized carbons (Fsp3) is 0.500. The number of nitrogens with two attached hydrogens (primary N) is 1. The van der Waals surface area contributed by atoms with E-state index in [-0.39, 0.29) is 17.8 Å². The quantitative estimate of drug-likeness (QED) is 0.780. The van der Waals surface area contributed by atoms with Crippen LogP contribution in [0.25, 0.3) is 0 Å². The number of rotatable bonds is 5. The second-order valence-corrected chi connectivity index (χ2v) is 3.69. The summed E-state index contributed by atoms with van der Waals surface area (Å²) in [6.07, 6.45) is 0.941. The van der Waals surface area contributed by atoms with E-state index in [1.165, 1.54) is 6.07 Å². The van der Waals surface area contributed by atoms with Gasteiger partial charge in [-0.3, -0.25) is 0 Å². The molecule has 2 nitrogen and oxygen atoms in total. The molecule has 0 aliphatic heterocycles. The van der Waals surface area contributed by atoms with Crippen molar-refractivity contribution in [3.63, 3.8) is 0 Å². The molecule has 0 aliphatic rings. The fourth-order valence-corrected chi connectivity index (χ4v) is 1.91. The third-order valence-electron chi connectivity index (χ3n) is 2.85. The van der Waals surface area contributed by atoms with E-state index in [0.717, 1.165) is 6.42 Å². The van der Waals surface area contributed by atoms with Gasteiger partial charge in [0.25, 0.3) is 0 Å². The van der Waals surface area contributed by atoms with Crippen LogP contribution in [0.5, 0.6) is 0 Å². The third kappa shape index (κ3) is 2.76. The van der Waals surface area contributed by atoms with Crippen LogP contribution in [-0.4, -0.2) is 13.6 Å². The van der Waals surface area contributed by atoms with Gasteiger partial charge in [-0.15, -0.1) is 0 Å². The molecule has 0 heterocycles. The predicted octanol–water partition coefficient (Wildman–Crippen LogP) is 2.07. The number of halogens is 1. The van der Waals surface area contributed by atoms with Crippen molar-refractivity contribution >= 4 is 0 Å². The molecule has 15 heavy (non-hydrogen) atoms. The maximum Gasteiger partial charge on any atom is 0.127 e. The first-order valence-electron chi connectivity index (χ1n) is 5.36. The molecule has 0 aliphatic carbocycles. The maximum atomic E-state index is 13.6. The van der Waals surface area contributed by atoms with Crippen molar-refractivity contribution in [2.75, 3.05) is 13.6 Å². The minimum Gasteiger partial charge on any atom is -0.330 e. The number of hydrogen-bond acceptors (Lipinski definition) is 2. The van der Waals surface area contributed by atoms with Gasteiger partial charge in [0.2, 0.25) is 0 Å². The minimum absolute atomic E-state index is 0.00111. The van der Waals surface area contributed by atoms with E-state index in [1.54, 1.807) is 6.07 Å². The summed E-state index contributed by atoms with van der Waals surface area (Å²) in [7, 11) is 1.84. The largest absolute Gasteiger partial charge is 0.330 e. The topological polar surface area (TPSA) is 38.0 Å². The Balaban J connectivity index is 2.96. The second kappa shape index (κ2) is 5.83. The average molecular weight is 210 g/mol. The lowest BCUT2D eigenvalue weighted by Crippen LogP contribution is -2.30. The Bertz CT molecular complexity index is 297. The van der Waals surface area contributed by atoms with E-state index in [1.807, 2.05) is 19.2 Å². The van der Waals surface area contributed by atoms with Crippen molar-refractivity contribution in [2.45, 2.75) is 19.4 Å². The summed E-state index contributed by atoms with van der Waals surface area (Å²) < 4.78 is 13.6. The Hall–Kier alpha value is -0.930. The maximum absolute atomic E-state index is 13.6. The Morgan fingerprint density at radius 3 is 2.53 bits per heavy atom. The van der Waals surface area contributed by atoms with E-state index >= 15 is 0 Å². The van der Waals surface area contributed by atoms with Crippen molar-refractivity contribution in [3.05, 3.63) is 35.6 Å². The van der Waals surface area contributed by atoms with Crippen molar-refractivity contribution in [2.24, 2.45) is 11.7 Å². The van der Waals surface area contributed by atoms with Gasteiger partial charge in [0.1, 0.15) is 5.82 Å². The Labute approximate surface area is 90.7 Å². The SMILES string of the molecule is CCC(CN)C(NC)c1ccccc1F. The zero-order chi connectivity index (χ0) is 11.3. The number of benzene rings is 1. The molecule has 3 heteroatoms. The fourth-order valence-electron chi connectivity index (χ4n) is 1.91. The van der Waals surface area contributed by atoms with Crippen LogP contribution < -0.4 is 11.1 Å². The molecule has 0 aromatic heterocycles. The van der Waals surface area contributed by atoms with Crippen LogP contribution in [0.15, 0.2) is 24.3 Å². The molecule has 0 radical (unpaired) electrons. The summed E-state index contributed by atoms with van der Waals surface area (Å²) in [5.74, 6) is 0.107. The Morgan fingerprint density at radius 2 is 2.07 bits per heavy atom. The van der Waals surface area contributed by atoms with Crippen molar-refractivity contribution in [1.82, 2.24) is 5.32 Å². The molecule has 0 amide bonds. The lowest BCUT2D eigenvalue weighted by atomic mass is 9.91. The van der Waals surface area contributed by atoms with Gasteiger partial charge in [-0.05, 0) is 25.6 Å². The first kappa shape index (κ1) is 12.1. The van der Waals surface area contributed by atoms with Gasteiger partial charge in [0.05, 0.1) is 0 Å². The van der Waals surface area contributed by atoms with E-state index in [9.17, 15) is 4.39 Å². The van der Waals surface area contributed by atoms with E-state index < -0.39 is 0 Å². The molecular weight excluding hydrogens is 191 g/mol. The van der Waals surface area contributed by atoms with Gasteiger partial charge in [0.15, 0.2) is 0 Å². The zero-order valence-corrected chi connectivity index (χ0v) is 9.33. The minimum atomic E-state index is -0.163. The van der Waals surface area contributed by atoms with Crippen molar-refractivity contribution in [3.8, 4) is 0 Å². The van der Waals surface area contributed by atoms with Gasteiger partial charge in [0, 0.05) is 11.6 Å². The predicted molar refractivity (Wildman–Crippen MR) is 61.0 cm³/mol. The van der Waals surface area contributed by atoms with Gasteiger partial charge in [-0.2, -0.15) is 0 Å². The highest BCUT2D eigenvalue weighted by Crippen LogP contribution is 2.25. The average Bonchev–Trinajstić information content (AvgIpc) is 2.27. The first-order valence-corrected chi connectivity index (χ1v) is 5.36. The summed E-state index contributed by atoms with van der Waals surface area (Å²) in [6.45, 7) is 2.64. The van der Waals surface area contributed by atoms with Crippen LogP contribution in [0.1, 0.15) is 24.9 Å². The van der Waals surface area contributed by atoms with Gasteiger partial charge >= 0.3 is 0 Å². The molecule has 0 bridgehead atoms. The highest BCUT2D eigenvalue weighted by molar-refractivity contribution is 5.22. The lowest BCUT2D eigenvalue weighted by Gasteiger charge is -2.25. The summed E-state index contributed by atoms with van der Waals surface area (Å²) in [5.41, 5.74) is 6.39. The molecule has 1 rings (SSSR count). The highest BCUT2D eigenvalue weighted by Gasteiger charge is 2.21.